The third-order valence-corrected chi connectivity index (χ3v) is 5.23. The van der Waals surface area contributed by atoms with Crippen molar-refractivity contribution in [3.05, 3.63) is 64.7 Å². The quantitative estimate of drug-likeness (QED) is 0.538. The van der Waals surface area contributed by atoms with Gasteiger partial charge >= 0.3 is 0 Å². The van der Waals surface area contributed by atoms with E-state index in [4.69, 9.17) is 5.73 Å². The van der Waals surface area contributed by atoms with E-state index in [2.05, 4.69) is 10.6 Å². The summed E-state index contributed by atoms with van der Waals surface area (Å²) in [6.07, 6.45) is 0.636. The van der Waals surface area contributed by atoms with Crippen molar-refractivity contribution in [3.63, 3.8) is 0 Å². The molecule has 2 aliphatic rings. The Labute approximate surface area is 162 Å². The highest BCUT2D eigenvalue weighted by molar-refractivity contribution is 6.05. The first kappa shape index (κ1) is 18.2. The third kappa shape index (κ3) is 3.61. The van der Waals surface area contributed by atoms with Crippen LogP contribution in [0.5, 0.6) is 0 Å². The van der Waals surface area contributed by atoms with Gasteiger partial charge in [0.15, 0.2) is 0 Å². The van der Waals surface area contributed by atoms with Crippen molar-refractivity contribution in [1.82, 2.24) is 15.5 Å². The molecule has 0 radical (unpaired) electrons. The maximum Gasteiger partial charge on any atom is 0.255 e. The zero-order valence-electron chi connectivity index (χ0n) is 15.4. The molecule has 4 N–H and O–H groups in total. The summed E-state index contributed by atoms with van der Waals surface area (Å²) >= 11 is 0. The minimum atomic E-state index is -0.579. The van der Waals surface area contributed by atoms with Gasteiger partial charge in [0.1, 0.15) is 6.04 Å². The lowest BCUT2D eigenvalue weighted by molar-refractivity contribution is -0.136. The van der Waals surface area contributed by atoms with E-state index in [-0.39, 0.29) is 24.1 Å². The van der Waals surface area contributed by atoms with Gasteiger partial charge in [-0.25, -0.2) is 0 Å². The number of carbonyl (C=O) groups excluding carboxylic acids is 3. The van der Waals surface area contributed by atoms with Gasteiger partial charge in [-0.15, -0.1) is 0 Å². The number of rotatable bonds is 5. The highest BCUT2D eigenvalue weighted by Gasteiger charge is 2.38. The van der Waals surface area contributed by atoms with Gasteiger partial charge in [0.2, 0.25) is 11.8 Å². The smallest absolute Gasteiger partial charge is 0.255 e. The maximum absolute atomic E-state index is 12.8. The number of fused-ring (bicyclic) bond motifs is 1. The largest absolute Gasteiger partial charge is 0.399 e. The molecule has 1 unspecified atom stereocenters. The molecule has 1 atom stereocenters. The summed E-state index contributed by atoms with van der Waals surface area (Å²) in [5, 5.41) is 5.68. The predicted octanol–water partition coefficient (Wildman–Crippen LogP) is 1.32. The Morgan fingerprint density at radius 1 is 1.04 bits per heavy atom. The number of nitrogens with zero attached hydrogens (tertiary/aromatic N) is 1. The van der Waals surface area contributed by atoms with Gasteiger partial charge in [-0.1, -0.05) is 24.3 Å². The maximum atomic E-state index is 12.8. The van der Waals surface area contributed by atoms with Crippen LogP contribution in [0, 0.1) is 0 Å². The lowest BCUT2D eigenvalue weighted by Crippen LogP contribution is -2.52. The second-order valence-corrected chi connectivity index (χ2v) is 7.24. The Bertz CT molecular complexity index is 939. The van der Waals surface area contributed by atoms with E-state index >= 15 is 0 Å². The molecule has 1 saturated heterocycles. The van der Waals surface area contributed by atoms with Gasteiger partial charge in [0, 0.05) is 37.3 Å². The van der Waals surface area contributed by atoms with Crippen LogP contribution >= 0.6 is 0 Å². The molecule has 144 valence electrons. The van der Waals surface area contributed by atoms with Crippen LogP contribution < -0.4 is 16.4 Å². The van der Waals surface area contributed by atoms with Gasteiger partial charge in [0.25, 0.3) is 5.91 Å². The molecule has 2 aromatic rings. The molecule has 7 heteroatoms. The highest BCUT2D eigenvalue weighted by atomic mass is 16.2. The van der Waals surface area contributed by atoms with E-state index in [9.17, 15) is 14.4 Å². The van der Waals surface area contributed by atoms with Crippen LogP contribution in [-0.2, 0) is 29.2 Å². The third-order valence-electron chi connectivity index (χ3n) is 5.23. The number of anilines is 1. The lowest BCUT2D eigenvalue weighted by Gasteiger charge is -2.29. The molecule has 2 heterocycles. The first-order valence-electron chi connectivity index (χ1n) is 9.33. The fourth-order valence-electron chi connectivity index (χ4n) is 3.70. The zero-order chi connectivity index (χ0) is 19.7. The summed E-state index contributed by atoms with van der Waals surface area (Å²) in [5.41, 5.74) is 10.1. The van der Waals surface area contributed by atoms with Crippen LogP contribution in [-0.4, -0.2) is 28.7 Å². The first-order valence-corrected chi connectivity index (χ1v) is 9.33. The van der Waals surface area contributed by atoms with Crippen molar-refractivity contribution in [2.24, 2.45) is 0 Å². The lowest BCUT2D eigenvalue weighted by atomic mass is 10.0. The Balaban J connectivity index is 1.40. The Kier molecular flexibility index (Phi) is 4.83. The van der Waals surface area contributed by atoms with Crippen LogP contribution in [0.1, 0.15) is 39.9 Å². The summed E-state index contributed by atoms with van der Waals surface area (Å²) < 4.78 is 0. The molecule has 2 aromatic carbocycles. The Hall–Kier alpha value is -3.19. The number of hydrogen-bond donors (Lipinski definition) is 3. The second kappa shape index (κ2) is 7.44. The van der Waals surface area contributed by atoms with E-state index < -0.39 is 6.04 Å². The number of nitrogens with one attached hydrogen (secondary N) is 2. The van der Waals surface area contributed by atoms with E-state index in [0.717, 1.165) is 22.4 Å². The van der Waals surface area contributed by atoms with E-state index in [0.29, 0.717) is 31.6 Å². The van der Waals surface area contributed by atoms with Crippen molar-refractivity contribution in [1.29, 1.82) is 0 Å². The minimum absolute atomic E-state index is 0.148. The summed E-state index contributed by atoms with van der Waals surface area (Å²) in [7, 11) is 0. The normalized spacial score (nSPS) is 18.9. The number of nitrogen functional groups attached to an aromatic ring is 1. The van der Waals surface area contributed by atoms with Crippen LogP contribution in [0.25, 0.3) is 0 Å². The number of imide groups is 1. The molecule has 1 fully saturated rings. The standard InChI is InChI=1S/C21H22N4O3/c22-16-5-2-13(3-6-16)10-23-11-14-1-4-15-12-25(21(28)17(15)9-14)18-7-8-19(26)24-20(18)27/h1-6,9,18,23H,7-8,10-12,22H2,(H,24,26,27). The highest BCUT2D eigenvalue weighted by Crippen LogP contribution is 2.28. The SMILES string of the molecule is Nc1ccc(CNCc2ccc3c(c2)C(=O)N(C2CCC(=O)NC2=O)C3)cc1. The minimum Gasteiger partial charge on any atom is -0.399 e. The van der Waals surface area contributed by atoms with E-state index in [1.54, 1.807) is 4.90 Å². The molecular formula is C21H22N4O3. The van der Waals surface area contributed by atoms with Gasteiger partial charge in [-0.3, -0.25) is 19.7 Å². The van der Waals surface area contributed by atoms with Crippen molar-refractivity contribution >= 4 is 23.4 Å². The number of amides is 3. The molecule has 4 rings (SSSR count). The van der Waals surface area contributed by atoms with Crippen LogP contribution in [0.4, 0.5) is 5.69 Å². The van der Waals surface area contributed by atoms with Crippen molar-refractivity contribution < 1.29 is 14.4 Å². The molecule has 2 aliphatic heterocycles. The van der Waals surface area contributed by atoms with Crippen LogP contribution in [0.2, 0.25) is 0 Å². The van der Waals surface area contributed by atoms with E-state index in [1.165, 1.54) is 0 Å². The summed E-state index contributed by atoms with van der Waals surface area (Å²) in [6, 6.07) is 12.9. The number of benzene rings is 2. The molecule has 0 bridgehead atoms. The Morgan fingerprint density at radius 3 is 2.50 bits per heavy atom. The number of piperidine rings is 1. The molecular weight excluding hydrogens is 356 g/mol. The fraction of sp³-hybridized carbons (Fsp3) is 0.286. The second-order valence-electron chi connectivity index (χ2n) is 7.24. The zero-order valence-corrected chi connectivity index (χ0v) is 15.4. The number of nitrogens with two attached hydrogens (primary N) is 1. The average molecular weight is 378 g/mol. The van der Waals surface area contributed by atoms with Gasteiger partial charge in [-0.05, 0) is 41.3 Å². The molecule has 0 aromatic heterocycles. The van der Waals surface area contributed by atoms with Crippen molar-refractivity contribution in [2.45, 2.75) is 38.5 Å². The topological polar surface area (TPSA) is 105 Å². The van der Waals surface area contributed by atoms with Gasteiger partial charge in [0.05, 0.1) is 0 Å². The van der Waals surface area contributed by atoms with Crippen molar-refractivity contribution in [3.8, 4) is 0 Å². The first-order chi connectivity index (χ1) is 13.5. The van der Waals surface area contributed by atoms with Crippen LogP contribution in [0.3, 0.4) is 0 Å². The molecule has 7 nitrogen and oxygen atoms in total. The van der Waals surface area contributed by atoms with E-state index in [1.807, 2.05) is 42.5 Å². The van der Waals surface area contributed by atoms with Gasteiger partial charge in [-0.2, -0.15) is 0 Å². The number of hydrogen-bond acceptors (Lipinski definition) is 5. The molecule has 0 spiro atoms. The molecule has 0 saturated carbocycles. The summed E-state index contributed by atoms with van der Waals surface area (Å²) in [5.74, 6) is -0.812. The summed E-state index contributed by atoms with van der Waals surface area (Å²) in [4.78, 5) is 37.9. The molecule has 3 amide bonds. The monoisotopic (exact) mass is 378 g/mol. The van der Waals surface area contributed by atoms with Crippen LogP contribution in [0.15, 0.2) is 42.5 Å². The molecule has 0 aliphatic carbocycles. The predicted molar refractivity (Wildman–Crippen MR) is 104 cm³/mol. The fourth-order valence-corrected chi connectivity index (χ4v) is 3.70. The van der Waals surface area contributed by atoms with Crippen molar-refractivity contribution in [2.75, 3.05) is 5.73 Å². The average Bonchev–Trinajstić information content (AvgIpc) is 3.00. The Morgan fingerprint density at radius 2 is 1.75 bits per heavy atom. The molecule has 28 heavy (non-hydrogen) atoms. The summed E-state index contributed by atoms with van der Waals surface area (Å²) in [6.45, 7) is 1.73. The van der Waals surface area contributed by atoms with Gasteiger partial charge < -0.3 is 16.0 Å². The number of carbonyl (C=O) groups is 3.